The zero-order valence-electron chi connectivity index (χ0n) is 11.3. The van der Waals surface area contributed by atoms with Crippen molar-refractivity contribution in [2.24, 2.45) is 0 Å². The Hall–Kier alpha value is -0.860. The third-order valence-electron chi connectivity index (χ3n) is 3.01. The molecule has 0 spiro atoms. The molecule has 1 atom stereocenters. The van der Waals surface area contributed by atoms with E-state index in [0.717, 1.165) is 26.2 Å². The number of nitrogens with one attached hydrogen (secondary N) is 1. The monoisotopic (exact) mass is 235 g/mol. The fourth-order valence-electron chi connectivity index (χ4n) is 2.13. The maximum Gasteiger partial charge on any atom is 0.0466 e. The SMILES string of the molecule is CCOCCCC(CNC)c1cccc(C)c1. The van der Waals surface area contributed by atoms with Gasteiger partial charge in [-0.1, -0.05) is 29.8 Å². The maximum atomic E-state index is 5.40. The first kappa shape index (κ1) is 14.2. The van der Waals surface area contributed by atoms with Crippen molar-refractivity contribution in [3.05, 3.63) is 35.4 Å². The van der Waals surface area contributed by atoms with Gasteiger partial charge in [-0.25, -0.2) is 0 Å². The Kier molecular flexibility index (Phi) is 6.90. The first-order valence-corrected chi connectivity index (χ1v) is 6.56. The van der Waals surface area contributed by atoms with Gasteiger partial charge in [-0.15, -0.1) is 0 Å². The quantitative estimate of drug-likeness (QED) is 0.699. The van der Waals surface area contributed by atoms with E-state index in [-0.39, 0.29) is 0 Å². The van der Waals surface area contributed by atoms with Gasteiger partial charge in [0.25, 0.3) is 0 Å². The Labute approximate surface area is 105 Å². The second-order valence-corrected chi connectivity index (χ2v) is 4.51. The molecule has 2 nitrogen and oxygen atoms in total. The van der Waals surface area contributed by atoms with Crippen molar-refractivity contribution in [1.29, 1.82) is 0 Å². The molecule has 0 radical (unpaired) electrons. The van der Waals surface area contributed by atoms with Crippen LogP contribution >= 0.6 is 0 Å². The minimum atomic E-state index is 0.598. The van der Waals surface area contributed by atoms with Gasteiger partial charge in [-0.3, -0.25) is 0 Å². The molecule has 2 heteroatoms. The van der Waals surface area contributed by atoms with E-state index < -0.39 is 0 Å². The first-order valence-electron chi connectivity index (χ1n) is 6.56. The molecular weight excluding hydrogens is 210 g/mol. The molecule has 0 aliphatic heterocycles. The molecule has 17 heavy (non-hydrogen) atoms. The fourth-order valence-corrected chi connectivity index (χ4v) is 2.13. The van der Waals surface area contributed by atoms with Crippen LogP contribution in [0.3, 0.4) is 0 Å². The Morgan fingerprint density at radius 3 is 2.82 bits per heavy atom. The van der Waals surface area contributed by atoms with Crippen molar-refractivity contribution in [3.8, 4) is 0 Å². The van der Waals surface area contributed by atoms with Gasteiger partial charge in [0.2, 0.25) is 0 Å². The molecule has 0 aromatic heterocycles. The Morgan fingerprint density at radius 1 is 1.35 bits per heavy atom. The molecule has 0 saturated heterocycles. The van der Waals surface area contributed by atoms with Gasteiger partial charge in [-0.05, 0) is 45.2 Å². The molecule has 1 rings (SSSR count). The van der Waals surface area contributed by atoms with Crippen LogP contribution in [0.1, 0.15) is 36.8 Å². The summed E-state index contributed by atoms with van der Waals surface area (Å²) >= 11 is 0. The molecule has 0 heterocycles. The van der Waals surface area contributed by atoms with Crippen LogP contribution in [0.2, 0.25) is 0 Å². The lowest BCUT2D eigenvalue weighted by Gasteiger charge is -2.17. The molecular formula is C15H25NO. The van der Waals surface area contributed by atoms with Crippen molar-refractivity contribution in [1.82, 2.24) is 5.32 Å². The molecule has 1 aromatic rings. The van der Waals surface area contributed by atoms with Gasteiger partial charge in [-0.2, -0.15) is 0 Å². The second kappa shape index (κ2) is 8.26. The summed E-state index contributed by atoms with van der Waals surface area (Å²) in [6, 6.07) is 8.83. The highest BCUT2D eigenvalue weighted by Gasteiger charge is 2.10. The van der Waals surface area contributed by atoms with E-state index in [1.54, 1.807) is 0 Å². The fraction of sp³-hybridized carbons (Fsp3) is 0.600. The minimum absolute atomic E-state index is 0.598. The number of benzene rings is 1. The van der Waals surface area contributed by atoms with Gasteiger partial charge in [0.1, 0.15) is 0 Å². The molecule has 1 unspecified atom stereocenters. The number of likely N-dealkylation sites (N-methyl/N-ethyl adjacent to an activating group) is 1. The topological polar surface area (TPSA) is 21.3 Å². The van der Waals surface area contributed by atoms with E-state index in [2.05, 4.69) is 36.5 Å². The lowest BCUT2D eigenvalue weighted by atomic mass is 9.93. The maximum absolute atomic E-state index is 5.40. The highest BCUT2D eigenvalue weighted by atomic mass is 16.5. The predicted octanol–water partition coefficient (Wildman–Crippen LogP) is 3.11. The van der Waals surface area contributed by atoms with E-state index in [0.29, 0.717) is 5.92 Å². The van der Waals surface area contributed by atoms with Gasteiger partial charge in [0, 0.05) is 19.8 Å². The van der Waals surface area contributed by atoms with Crippen LogP contribution in [0.15, 0.2) is 24.3 Å². The molecule has 96 valence electrons. The average Bonchev–Trinajstić information content (AvgIpc) is 2.33. The standard InChI is InChI=1S/C15H25NO/c1-4-17-10-6-9-15(12-16-3)14-8-5-7-13(2)11-14/h5,7-8,11,15-16H,4,6,9-10,12H2,1-3H3. The van der Waals surface area contributed by atoms with Crippen molar-refractivity contribution in [2.45, 2.75) is 32.6 Å². The van der Waals surface area contributed by atoms with E-state index in [4.69, 9.17) is 4.74 Å². The highest BCUT2D eigenvalue weighted by molar-refractivity contribution is 5.25. The summed E-state index contributed by atoms with van der Waals surface area (Å²) in [6.07, 6.45) is 2.32. The minimum Gasteiger partial charge on any atom is -0.382 e. The van der Waals surface area contributed by atoms with Gasteiger partial charge < -0.3 is 10.1 Å². The smallest absolute Gasteiger partial charge is 0.0466 e. The van der Waals surface area contributed by atoms with E-state index in [1.807, 2.05) is 14.0 Å². The number of hydrogen-bond donors (Lipinski definition) is 1. The molecule has 0 aliphatic carbocycles. The third kappa shape index (κ3) is 5.33. The number of aryl methyl sites for hydroxylation is 1. The van der Waals surface area contributed by atoms with Crippen LogP contribution in [0.4, 0.5) is 0 Å². The van der Waals surface area contributed by atoms with Gasteiger partial charge >= 0.3 is 0 Å². The lowest BCUT2D eigenvalue weighted by Crippen LogP contribution is -2.18. The summed E-state index contributed by atoms with van der Waals surface area (Å²) in [6.45, 7) is 6.94. The molecule has 0 aliphatic rings. The van der Waals surface area contributed by atoms with Crippen LogP contribution in [-0.4, -0.2) is 26.8 Å². The molecule has 0 amide bonds. The summed E-state index contributed by atoms with van der Waals surface area (Å²) in [5, 5.41) is 3.29. The summed E-state index contributed by atoms with van der Waals surface area (Å²) in [4.78, 5) is 0. The van der Waals surface area contributed by atoms with Crippen LogP contribution in [0.5, 0.6) is 0 Å². The molecule has 0 bridgehead atoms. The molecule has 0 saturated carbocycles. The van der Waals surface area contributed by atoms with Crippen molar-refractivity contribution in [2.75, 3.05) is 26.8 Å². The average molecular weight is 235 g/mol. The number of hydrogen-bond acceptors (Lipinski definition) is 2. The van der Waals surface area contributed by atoms with Crippen LogP contribution in [0, 0.1) is 6.92 Å². The predicted molar refractivity (Wildman–Crippen MR) is 73.6 cm³/mol. The molecule has 1 aromatic carbocycles. The Bertz CT molecular complexity index is 312. The Balaban J connectivity index is 2.52. The number of rotatable bonds is 8. The molecule has 1 N–H and O–H groups in total. The zero-order valence-corrected chi connectivity index (χ0v) is 11.3. The summed E-state index contributed by atoms with van der Waals surface area (Å²) in [7, 11) is 2.02. The second-order valence-electron chi connectivity index (χ2n) is 4.51. The normalized spacial score (nSPS) is 12.6. The van der Waals surface area contributed by atoms with E-state index >= 15 is 0 Å². The van der Waals surface area contributed by atoms with Crippen LogP contribution in [-0.2, 0) is 4.74 Å². The molecule has 0 fully saturated rings. The third-order valence-corrected chi connectivity index (χ3v) is 3.01. The summed E-state index contributed by atoms with van der Waals surface area (Å²) in [5.74, 6) is 0.598. The van der Waals surface area contributed by atoms with E-state index in [1.165, 1.54) is 17.5 Å². The Morgan fingerprint density at radius 2 is 2.18 bits per heavy atom. The largest absolute Gasteiger partial charge is 0.382 e. The highest BCUT2D eigenvalue weighted by Crippen LogP contribution is 2.21. The van der Waals surface area contributed by atoms with Crippen molar-refractivity contribution >= 4 is 0 Å². The van der Waals surface area contributed by atoms with Crippen LogP contribution in [0.25, 0.3) is 0 Å². The van der Waals surface area contributed by atoms with Crippen molar-refractivity contribution < 1.29 is 4.74 Å². The first-order chi connectivity index (χ1) is 8.27. The lowest BCUT2D eigenvalue weighted by molar-refractivity contribution is 0.142. The van der Waals surface area contributed by atoms with Crippen molar-refractivity contribution in [3.63, 3.8) is 0 Å². The van der Waals surface area contributed by atoms with E-state index in [9.17, 15) is 0 Å². The van der Waals surface area contributed by atoms with Crippen LogP contribution < -0.4 is 5.32 Å². The summed E-state index contributed by atoms with van der Waals surface area (Å²) < 4.78 is 5.40. The number of ether oxygens (including phenoxy) is 1. The summed E-state index contributed by atoms with van der Waals surface area (Å²) in [5.41, 5.74) is 2.78. The zero-order chi connectivity index (χ0) is 12.5. The van der Waals surface area contributed by atoms with Gasteiger partial charge in [0.05, 0.1) is 0 Å². The van der Waals surface area contributed by atoms with Gasteiger partial charge in [0.15, 0.2) is 0 Å².